The Labute approximate surface area is 141 Å². The molecule has 2 rings (SSSR count). The van der Waals surface area contributed by atoms with Gasteiger partial charge in [0.2, 0.25) is 0 Å². The van der Waals surface area contributed by atoms with E-state index in [1.54, 1.807) is 40.0 Å². The van der Waals surface area contributed by atoms with Gasteiger partial charge in [-0.1, -0.05) is 17.7 Å². The third-order valence-electron chi connectivity index (χ3n) is 3.71. The Morgan fingerprint density at radius 1 is 1.17 bits per heavy atom. The average Bonchev–Trinajstić information content (AvgIpc) is 2.70. The van der Waals surface area contributed by atoms with Crippen molar-refractivity contribution in [3.63, 3.8) is 0 Å². The van der Waals surface area contributed by atoms with Gasteiger partial charge in [-0.05, 0) is 38.8 Å². The smallest absolute Gasteiger partial charge is 0.358 e. The molecule has 130 valence electrons. The Hall–Kier alpha value is -2.35. The molecule has 0 bridgehead atoms. The van der Waals surface area contributed by atoms with E-state index in [4.69, 9.17) is 4.74 Å². The summed E-state index contributed by atoms with van der Waals surface area (Å²) in [5.41, 5.74) is 2.84. The number of aryl methyl sites for hydroxylation is 5. The molecule has 1 N–H and O–H groups in total. The third kappa shape index (κ3) is 3.14. The van der Waals surface area contributed by atoms with Crippen molar-refractivity contribution in [3.8, 4) is 0 Å². The maximum absolute atomic E-state index is 12.9. The molecule has 0 fully saturated rings. The number of carbonyl (C=O) groups excluding carboxylic acids is 1. The highest BCUT2D eigenvalue weighted by Gasteiger charge is 2.27. The van der Waals surface area contributed by atoms with E-state index in [9.17, 15) is 13.2 Å². The van der Waals surface area contributed by atoms with Crippen molar-refractivity contribution < 1.29 is 17.9 Å². The molecule has 0 amide bonds. The van der Waals surface area contributed by atoms with Crippen LogP contribution in [0.3, 0.4) is 0 Å². The number of esters is 1. The van der Waals surface area contributed by atoms with Crippen LogP contribution in [0.2, 0.25) is 0 Å². The summed E-state index contributed by atoms with van der Waals surface area (Å²) in [7, 11) is -1.09. The molecule has 8 heteroatoms. The predicted molar refractivity (Wildman–Crippen MR) is 90.7 cm³/mol. The number of nitrogens with zero attached hydrogens (tertiary/aromatic N) is 2. The van der Waals surface area contributed by atoms with Gasteiger partial charge < -0.3 is 4.74 Å². The molecule has 0 atom stereocenters. The summed E-state index contributed by atoms with van der Waals surface area (Å²) >= 11 is 0. The number of methoxy groups -OCH3 is 1. The van der Waals surface area contributed by atoms with Gasteiger partial charge in [-0.2, -0.15) is 5.10 Å². The Morgan fingerprint density at radius 2 is 1.71 bits per heavy atom. The van der Waals surface area contributed by atoms with E-state index in [0.717, 1.165) is 5.56 Å². The number of benzene rings is 1. The van der Waals surface area contributed by atoms with Crippen LogP contribution in [0.1, 0.15) is 32.9 Å². The Kier molecular flexibility index (Phi) is 4.70. The number of hydrogen-bond donors (Lipinski definition) is 1. The van der Waals surface area contributed by atoms with Gasteiger partial charge in [-0.25, -0.2) is 13.2 Å². The first kappa shape index (κ1) is 18.0. The first-order chi connectivity index (χ1) is 11.1. The SMILES string of the molecule is COC(=O)c1c(NS(=O)(=O)c2c(C)cc(C)cc2C)c(C)nn1C. The van der Waals surface area contributed by atoms with Gasteiger partial charge >= 0.3 is 5.97 Å². The zero-order chi connectivity index (χ0) is 18.2. The molecule has 2 aromatic rings. The van der Waals surface area contributed by atoms with E-state index in [1.807, 2.05) is 6.92 Å². The van der Waals surface area contributed by atoms with E-state index in [1.165, 1.54) is 11.8 Å². The zero-order valence-corrected chi connectivity index (χ0v) is 15.4. The van der Waals surface area contributed by atoms with Crippen molar-refractivity contribution in [2.75, 3.05) is 11.8 Å². The van der Waals surface area contributed by atoms with Crippen LogP contribution in [0.15, 0.2) is 17.0 Å². The summed E-state index contributed by atoms with van der Waals surface area (Å²) in [6, 6.07) is 3.61. The van der Waals surface area contributed by atoms with Crippen molar-refractivity contribution in [2.24, 2.45) is 7.05 Å². The lowest BCUT2D eigenvalue weighted by Crippen LogP contribution is -2.19. The van der Waals surface area contributed by atoms with E-state index < -0.39 is 16.0 Å². The maximum atomic E-state index is 12.9. The Bertz CT molecular complexity index is 891. The number of sulfonamides is 1. The van der Waals surface area contributed by atoms with Crippen molar-refractivity contribution in [1.29, 1.82) is 0 Å². The number of ether oxygens (including phenoxy) is 1. The quantitative estimate of drug-likeness (QED) is 0.853. The molecule has 0 spiro atoms. The molecule has 7 nitrogen and oxygen atoms in total. The summed E-state index contributed by atoms with van der Waals surface area (Å²) < 4.78 is 34.3. The van der Waals surface area contributed by atoms with E-state index in [2.05, 4.69) is 9.82 Å². The molecule has 0 saturated heterocycles. The van der Waals surface area contributed by atoms with Crippen molar-refractivity contribution >= 4 is 21.7 Å². The molecule has 1 heterocycles. The lowest BCUT2D eigenvalue weighted by atomic mass is 10.1. The molecule has 0 saturated carbocycles. The van der Waals surface area contributed by atoms with Crippen LogP contribution in [0.5, 0.6) is 0 Å². The van der Waals surface area contributed by atoms with Crippen LogP contribution in [0, 0.1) is 27.7 Å². The standard InChI is InChI=1S/C16H21N3O4S/c1-9-7-10(2)15(11(3)8-9)24(21,22)18-13-12(4)17-19(5)14(13)16(20)23-6/h7-8,18H,1-6H3. The van der Waals surface area contributed by atoms with Crippen molar-refractivity contribution in [2.45, 2.75) is 32.6 Å². The first-order valence-electron chi connectivity index (χ1n) is 7.31. The van der Waals surface area contributed by atoms with Crippen LogP contribution >= 0.6 is 0 Å². The molecule has 0 aliphatic rings. The second-order valence-corrected chi connectivity index (χ2v) is 7.38. The molecule has 1 aromatic carbocycles. The topological polar surface area (TPSA) is 90.3 Å². The largest absolute Gasteiger partial charge is 0.464 e. The highest BCUT2D eigenvalue weighted by molar-refractivity contribution is 7.92. The lowest BCUT2D eigenvalue weighted by molar-refractivity contribution is 0.0589. The van der Waals surface area contributed by atoms with Crippen LogP contribution < -0.4 is 4.72 Å². The van der Waals surface area contributed by atoms with Crippen molar-refractivity contribution in [3.05, 3.63) is 40.2 Å². The Balaban J connectivity index is 2.58. The van der Waals surface area contributed by atoms with Gasteiger partial charge in [0, 0.05) is 7.05 Å². The molecule has 0 unspecified atom stereocenters. The molecule has 0 radical (unpaired) electrons. The number of hydrogen-bond acceptors (Lipinski definition) is 5. The Morgan fingerprint density at radius 3 is 2.21 bits per heavy atom. The highest BCUT2D eigenvalue weighted by atomic mass is 32.2. The second kappa shape index (κ2) is 6.27. The van der Waals surface area contributed by atoms with E-state index in [0.29, 0.717) is 16.8 Å². The maximum Gasteiger partial charge on any atom is 0.358 e. The van der Waals surface area contributed by atoms with Gasteiger partial charge in [0.15, 0.2) is 5.69 Å². The lowest BCUT2D eigenvalue weighted by Gasteiger charge is -2.14. The van der Waals surface area contributed by atoms with Gasteiger partial charge in [0.25, 0.3) is 10.0 Å². The van der Waals surface area contributed by atoms with Gasteiger partial charge in [-0.3, -0.25) is 9.40 Å². The number of rotatable bonds is 4. The van der Waals surface area contributed by atoms with E-state index in [-0.39, 0.29) is 16.3 Å². The highest BCUT2D eigenvalue weighted by Crippen LogP contribution is 2.27. The summed E-state index contributed by atoms with van der Waals surface area (Å²) in [4.78, 5) is 12.2. The van der Waals surface area contributed by atoms with Crippen LogP contribution in [-0.2, 0) is 21.8 Å². The van der Waals surface area contributed by atoms with Gasteiger partial charge in [-0.15, -0.1) is 0 Å². The number of carbonyl (C=O) groups is 1. The summed E-state index contributed by atoms with van der Waals surface area (Å²) in [5, 5.41) is 4.11. The predicted octanol–water partition coefficient (Wildman–Crippen LogP) is 2.24. The van der Waals surface area contributed by atoms with E-state index >= 15 is 0 Å². The fourth-order valence-corrected chi connectivity index (χ4v) is 4.47. The second-order valence-electron chi connectivity index (χ2n) is 5.76. The van der Waals surface area contributed by atoms with Crippen LogP contribution in [0.4, 0.5) is 5.69 Å². The van der Waals surface area contributed by atoms with Gasteiger partial charge in [0.05, 0.1) is 17.7 Å². The summed E-state index contributed by atoms with van der Waals surface area (Å²) in [6.45, 7) is 7.02. The normalized spacial score (nSPS) is 11.4. The molecule has 1 aromatic heterocycles. The van der Waals surface area contributed by atoms with Crippen molar-refractivity contribution in [1.82, 2.24) is 9.78 Å². The number of aromatic nitrogens is 2. The minimum atomic E-state index is -3.88. The van der Waals surface area contributed by atoms with Crippen LogP contribution in [-0.4, -0.2) is 31.3 Å². The molecule has 0 aliphatic carbocycles. The fourth-order valence-electron chi connectivity index (χ4n) is 2.89. The summed E-state index contributed by atoms with van der Waals surface area (Å²) in [6.07, 6.45) is 0. The molecule has 24 heavy (non-hydrogen) atoms. The average molecular weight is 351 g/mol. The monoisotopic (exact) mass is 351 g/mol. The fraction of sp³-hybridized carbons (Fsp3) is 0.375. The molecule has 0 aliphatic heterocycles. The molecular weight excluding hydrogens is 330 g/mol. The number of nitrogens with one attached hydrogen (secondary N) is 1. The van der Waals surface area contributed by atoms with Crippen LogP contribution in [0.25, 0.3) is 0 Å². The van der Waals surface area contributed by atoms with Gasteiger partial charge in [0.1, 0.15) is 5.69 Å². The third-order valence-corrected chi connectivity index (χ3v) is 5.37. The minimum absolute atomic E-state index is 0.0565. The molecular formula is C16H21N3O4S. The number of anilines is 1. The first-order valence-corrected chi connectivity index (χ1v) is 8.79. The summed E-state index contributed by atoms with van der Waals surface area (Å²) in [5.74, 6) is -0.659. The minimum Gasteiger partial charge on any atom is -0.464 e. The zero-order valence-electron chi connectivity index (χ0n) is 14.6.